The van der Waals surface area contributed by atoms with Crippen molar-refractivity contribution in [2.75, 3.05) is 19.6 Å². The van der Waals surface area contributed by atoms with Crippen molar-refractivity contribution in [3.63, 3.8) is 0 Å². The van der Waals surface area contributed by atoms with Gasteiger partial charge in [0.25, 0.3) is 0 Å². The summed E-state index contributed by atoms with van der Waals surface area (Å²) in [5.74, 6) is 0.480. The first-order chi connectivity index (χ1) is 9.22. The minimum atomic E-state index is 0.192. The highest BCUT2D eigenvalue weighted by atomic mass is 16.2. The highest BCUT2D eigenvalue weighted by Gasteiger charge is 2.33. The summed E-state index contributed by atoms with van der Waals surface area (Å²) in [5, 5.41) is 6.73. The molecule has 4 heteroatoms. The van der Waals surface area contributed by atoms with Gasteiger partial charge in [0.1, 0.15) is 0 Å². The molecule has 3 saturated heterocycles. The first kappa shape index (κ1) is 13.4. The summed E-state index contributed by atoms with van der Waals surface area (Å²) in [4.78, 5) is 14.9. The molecule has 3 fully saturated rings. The molecule has 4 unspecified atom stereocenters. The highest BCUT2D eigenvalue weighted by Crippen LogP contribution is 2.27. The van der Waals surface area contributed by atoms with Crippen molar-refractivity contribution in [3.8, 4) is 0 Å². The Labute approximate surface area is 116 Å². The zero-order valence-electron chi connectivity index (χ0n) is 12.0. The van der Waals surface area contributed by atoms with Crippen molar-refractivity contribution < 1.29 is 4.79 Å². The standard InChI is InChI=1S/C15H27N3O/c1-11-4-5-12(10-16-11)15(19)17-13-6-8-18-7-2-3-14(18)9-13/h11-14,16H,2-10H2,1H3,(H,17,19). The summed E-state index contributed by atoms with van der Waals surface area (Å²) >= 11 is 0. The van der Waals surface area contributed by atoms with E-state index in [1.54, 1.807) is 0 Å². The van der Waals surface area contributed by atoms with Gasteiger partial charge in [-0.25, -0.2) is 0 Å². The van der Waals surface area contributed by atoms with Gasteiger partial charge in [0, 0.05) is 31.2 Å². The van der Waals surface area contributed by atoms with Gasteiger partial charge in [-0.2, -0.15) is 0 Å². The average Bonchev–Trinajstić information content (AvgIpc) is 2.87. The van der Waals surface area contributed by atoms with Crippen LogP contribution in [-0.4, -0.2) is 48.6 Å². The number of carbonyl (C=O) groups is 1. The van der Waals surface area contributed by atoms with E-state index in [-0.39, 0.29) is 11.8 Å². The first-order valence-corrected chi connectivity index (χ1v) is 8.00. The van der Waals surface area contributed by atoms with Crippen molar-refractivity contribution in [2.45, 2.75) is 63.6 Å². The molecule has 1 amide bonds. The van der Waals surface area contributed by atoms with E-state index < -0.39 is 0 Å². The molecule has 3 heterocycles. The van der Waals surface area contributed by atoms with Crippen LogP contribution in [-0.2, 0) is 4.79 Å². The average molecular weight is 265 g/mol. The molecule has 0 aromatic rings. The molecule has 0 aliphatic carbocycles. The SMILES string of the molecule is CC1CCC(C(=O)NC2CCN3CCCC3C2)CN1. The van der Waals surface area contributed by atoms with Gasteiger partial charge < -0.3 is 15.5 Å². The van der Waals surface area contributed by atoms with E-state index in [2.05, 4.69) is 22.5 Å². The highest BCUT2D eigenvalue weighted by molar-refractivity contribution is 5.79. The number of piperidine rings is 2. The van der Waals surface area contributed by atoms with Crippen molar-refractivity contribution >= 4 is 5.91 Å². The second kappa shape index (κ2) is 5.80. The lowest BCUT2D eigenvalue weighted by molar-refractivity contribution is -0.126. The van der Waals surface area contributed by atoms with Crippen LogP contribution in [0.15, 0.2) is 0 Å². The quantitative estimate of drug-likeness (QED) is 0.786. The minimum absolute atomic E-state index is 0.192. The van der Waals surface area contributed by atoms with Gasteiger partial charge in [0.05, 0.1) is 5.92 Å². The van der Waals surface area contributed by atoms with Crippen molar-refractivity contribution in [3.05, 3.63) is 0 Å². The molecule has 4 atom stereocenters. The van der Waals surface area contributed by atoms with Gasteiger partial charge in [-0.15, -0.1) is 0 Å². The molecule has 3 aliphatic heterocycles. The maximum absolute atomic E-state index is 12.3. The van der Waals surface area contributed by atoms with Crippen molar-refractivity contribution in [1.82, 2.24) is 15.5 Å². The van der Waals surface area contributed by atoms with Crippen LogP contribution in [0.25, 0.3) is 0 Å². The molecule has 19 heavy (non-hydrogen) atoms. The molecule has 0 aromatic heterocycles. The lowest BCUT2D eigenvalue weighted by atomic mass is 9.93. The molecule has 2 N–H and O–H groups in total. The van der Waals surface area contributed by atoms with Crippen LogP contribution in [0.1, 0.15) is 45.4 Å². The molecule has 108 valence electrons. The van der Waals surface area contributed by atoms with Gasteiger partial charge in [0.15, 0.2) is 0 Å². The Morgan fingerprint density at radius 1 is 1.21 bits per heavy atom. The summed E-state index contributed by atoms with van der Waals surface area (Å²) < 4.78 is 0. The maximum Gasteiger partial charge on any atom is 0.224 e. The molecule has 3 aliphatic rings. The summed E-state index contributed by atoms with van der Waals surface area (Å²) in [5.41, 5.74) is 0. The zero-order chi connectivity index (χ0) is 13.2. The molecule has 0 aromatic carbocycles. The van der Waals surface area contributed by atoms with E-state index in [0.717, 1.165) is 31.8 Å². The predicted octanol–water partition coefficient (Wildman–Crippen LogP) is 1.12. The van der Waals surface area contributed by atoms with Crippen LogP contribution in [0.5, 0.6) is 0 Å². The van der Waals surface area contributed by atoms with Crippen molar-refractivity contribution in [1.29, 1.82) is 0 Å². The van der Waals surface area contributed by atoms with Gasteiger partial charge in [-0.05, 0) is 52.0 Å². The van der Waals surface area contributed by atoms with Crippen molar-refractivity contribution in [2.24, 2.45) is 5.92 Å². The molecule has 3 rings (SSSR count). The van der Waals surface area contributed by atoms with Crippen LogP contribution in [0.4, 0.5) is 0 Å². The first-order valence-electron chi connectivity index (χ1n) is 8.00. The monoisotopic (exact) mass is 265 g/mol. The Balaban J connectivity index is 1.47. The Kier molecular flexibility index (Phi) is 4.08. The van der Waals surface area contributed by atoms with Crippen LogP contribution >= 0.6 is 0 Å². The van der Waals surface area contributed by atoms with Gasteiger partial charge in [-0.1, -0.05) is 0 Å². The number of carbonyl (C=O) groups excluding carboxylic acids is 1. The lowest BCUT2D eigenvalue weighted by Crippen LogP contribution is -2.51. The molecule has 0 saturated carbocycles. The second-order valence-electron chi connectivity index (χ2n) is 6.65. The predicted molar refractivity (Wildman–Crippen MR) is 75.9 cm³/mol. The fourth-order valence-corrected chi connectivity index (χ4v) is 3.90. The number of rotatable bonds is 2. The lowest BCUT2D eigenvalue weighted by Gasteiger charge is -2.36. The number of hydrogen-bond acceptors (Lipinski definition) is 3. The van der Waals surface area contributed by atoms with E-state index in [1.165, 1.54) is 32.4 Å². The smallest absolute Gasteiger partial charge is 0.224 e. The van der Waals surface area contributed by atoms with Crippen LogP contribution < -0.4 is 10.6 Å². The van der Waals surface area contributed by atoms with E-state index >= 15 is 0 Å². The van der Waals surface area contributed by atoms with Crippen LogP contribution in [0.2, 0.25) is 0 Å². The van der Waals surface area contributed by atoms with E-state index in [1.807, 2.05) is 0 Å². The molecular formula is C15H27N3O. The Bertz CT molecular complexity index is 325. The molecule has 0 spiro atoms. The number of nitrogens with zero attached hydrogens (tertiary/aromatic N) is 1. The largest absolute Gasteiger partial charge is 0.353 e. The van der Waals surface area contributed by atoms with Gasteiger partial charge in [-0.3, -0.25) is 4.79 Å². The number of hydrogen-bond donors (Lipinski definition) is 2. The molecule has 4 nitrogen and oxygen atoms in total. The molecular weight excluding hydrogens is 238 g/mol. The topological polar surface area (TPSA) is 44.4 Å². The van der Waals surface area contributed by atoms with Crippen LogP contribution in [0.3, 0.4) is 0 Å². The van der Waals surface area contributed by atoms with E-state index in [9.17, 15) is 4.79 Å². The minimum Gasteiger partial charge on any atom is -0.353 e. The Morgan fingerprint density at radius 3 is 2.89 bits per heavy atom. The number of fused-ring (bicyclic) bond motifs is 1. The third-order valence-corrected chi connectivity index (χ3v) is 5.20. The zero-order valence-corrected chi connectivity index (χ0v) is 12.0. The summed E-state index contributed by atoms with van der Waals surface area (Å²) in [6.45, 7) is 5.50. The molecule has 0 radical (unpaired) electrons. The number of nitrogens with one attached hydrogen (secondary N) is 2. The Morgan fingerprint density at radius 2 is 2.11 bits per heavy atom. The van der Waals surface area contributed by atoms with E-state index in [0.29, 0.717) is 12.1 Å². The van der Waals surface area contributed by atoms with Gasteiger partial charge >= 0.3 is 0 Å². The summed E-state index contributed by atoms with van der Waals surface area (Å²) in [6, 6.07) is 1.74. The third-order valence-electron chi connectivity index (χ3n) is 5.20. The second-order valence-corrected chi connectivity index (χ2v) is 6.65. The normalized spacial score (nSPS) is 39.8. The third kappa shape index (κ3) is 3.11. The fraction of sp³-hybridized carbons (Fsp3) is 0.933. The molecule has 0 bridgehead atoms. The summed E-state index contributed by atoms with van der Waals surface area (Å²) in [7, 11) is 0. The van der Waals surface area contributed by atoms with Crippen LogP contribution in [0, 0.1) is 5.92 Å². The van der Waals surface area contributed by atoms with E-state index in [4.69, 9.17) is 0 Å². The fourth-order valence-electron chi connectivity index (χ4n) is 3.90. The number of amides is 1. The van der Waals surface area contributed by atoms with Gasteiger partial charge in [0.2, 0.25) is 5.91 Å². The summed E-state index contributed by atoms with van der Waals surface area (Å²) in [6.07, 6.45) is 7.15. The Hall–Kier alpha value is -0.610. The maximum atomic E-state index is 12.3.